The van der Waals surface area contributed by atoms with Gasteiger partial charge in [0.25, 0.3) is 0 Å². The first kappa shape index (κ1) is 19.8. The summed E-state index contributed by atoms with van der Waals surface area (Å²) < 4.78 is 27.2. The van der Waals surface area contributed by atoms with Gasteiger partial charge in [-0.25, -0.2) is 28.4 Å². The third kappa shape index (κ3) is 5.78. The molecule has 1 fully saturated rings. The number of sulfonamides is 1. The fourth-order valence-electron chi connectivity index (χ4n) is 2.72. The van der Waals surface area contributed by atoms with Crippen molar-refractivity contribution in [2.45, 2.75) is 19.3 Å². The fourth-order valence-corrected chi connectivity index (χ4v) is 4.15. The zero-order valence-corrected chi connectivity index (χ0v) is 17.2. The molecule has 2 aromatic rings. The van der Waals surface area contributed by atoms with Crippen LogP contribution in [-0.4, -0.2) is 58.8 Å². The van der Waals surface area contributed by atoms with Crippen LogP contribution in [0.2, 0.25) is 0 Å². The molecule has 0 saturated carbocycles. The van der Waals surface area contributed by atoms with Crippen molar-refractivity contribution in [3.05, 3.63) is 52.6 Å². The molecule has 8 nitrogen and oxygen atoms in total. The van der Waals surface area contributed by atoms with E-state index in [1.54, 1.807) is 36.9 Å². The normalized spacial score (nSPS) is 16.1. The Hall–Kier alpha value is -1.91. The molecule has 0 spiro atoms. The third-order valence-electron chi connectivity index (χ3n) is 4.15. The minimum absolute atomic E-state index is 0.421. The lowest BCUT2D eigenvalue weighted by molar-refractivity contribution is 0.387. The topological polar surface area (TPSA) is 92.2 Å². The quantitative estimate of drug-likeness (QED) is 0.593. The first-order chi connectivity index (χ1) is 13.0. The Kier molecular flexibility index (Phi) is 6.86. The summed E-state index contributed by atoms with van der Waals surface area (Å²) in [6.45, 7) is 1.98. The lowest BCUT2D eigenvalue weighted by Crippen LogP contribution is -2.48. The second-order valence-corrected chi connectivity index (χ2v) is 8.80. The number of aryl methyl sites for hydroxylation is 1. The number of nitrogens with zero attached hydrogens (tertiary/aromatic N) is 6. The highest BCUT2D eigenvalue weighted by molar-refractivity contribution is 9.10. The molecular weight excluding hydrogens is 432 g/mol. The van der Waals surface area contributed by atoms with Gasteiger partial charge in [0.1, 0.15) is 5.82 Å². The first-order valence-electron chi connectivity index (χ1n) is 8.70. The Labute approximate surface area is 167 Å². The average molecular weight is 453 g/mol. The summed E-state index contributed by atoms with van der Waals surface area (Å²) in [6, 6.07) is 1.78. The average Bonchev–Trinajstić information content (AvgIpc) is 2.69. The van der Waals surface area contributed by atoms with Crippen LogP contribution in [0.3, 0.4) is 0 Å². The highest BCUT2D eigenvalue weighted by Gasteiger charge is 2.25. The van der Waals surface area contributed by atoms with Crippen LogP contribution in [0, 0.1) is 0 Å². The minimum atomic E-state index is -3.39. The number of hydrogen-bond acceptors (Lipinski definition) is 7. The molecule has 0 radical (unpaired) electrons. The molecule has 144 valence electrons. The third-order valence-corrected chi connectivity index (χ3v) is 6.18. The van der Waals surface area contributed by atoms with E-state index in [-0.39, 0.29) is 0 Å². The van der Waals surface area contributed by atoms with E-state index >= 15 is 0 Å². The van der Waals surface area contributed by atoms with Crippen LogP contribution >= 0.6 is 15.9 Å². The van der Waals surface area contributed by atoms with Crippen LogP contribution in [0.1, 0.15) is 18.7 Å². The van der Waals surface area contributed by atoms with Gasteiger partial charge in [0.2, 0.25) is 16.0 Å². The Balaban J connectivity index is 1.45. The highest BCUT2D eigenvalue weighted by atomic mass is 79.9. The van der Waals surface area contributed by atoms with E-state index in [4.69, 9.17) is 0 Å². The number of halogens is 1. The molecule has 0 atom stereocenters. The van der Waals surface area contributed by atoms with E-state index < -0.39 is 10.0 Å². The Morgan fingerprint density at radius 3 is 2.37 bits per heavy atom. The summed E-state index contributed by atoms with van der Waals surface area (Å²) in [5.74, 6) is 1.40. The molecule has 0 N–H and O–H groups in total. The SMILES string of the molecule is O=S(=O)(/C=C/CCCc1ncccn1)N1CCN(c2ncc(Br)cn2)CC1. The summed E-state index contributed by atoms with van der Waals surface area (Å²) in [5.41, 5.74) is 0. The van der Waals surface area contributed by atoms with Gasteiger partial charge < -0.3 is 4.90 Å². The van der Waals surface area contributed by atoms with Gasteiger partial charge in [-0.2, -0.15) is 4.31 Å². The molecule has 27 heavy (non-hydrogen) atoms. The number of unbranched alkanes of at least 4 members (excludes halogenated alkanes) is 1. The molecular formula is C17H21BrN6O2S. The molecule has 0 aliphatic carbocycles. The van der Waals surface area contributed by atoms with Crippen molar-refractivity contribution in [2.75, 3.05) is 31.1 Å². The highest BCUT2D eigenvalue weighted by Crippen LogP contribution is 2.15. The Bertz CT molecular complexity index is 853. The summed E-state index contributed by atoms with van der Waals surface area (Å²) in [5, 5.41) is 1.31. The fraction of sp³-hybridized carbons (Fsp3) is 0.412. The van der Waals surface area contributed by atoms with Gasteiger partial charge in [-0.15, -0.1) is 0 Å². The molecule has 0 amide bonds. The first-order valence-corrected chi connectivity index (χ1v) is 11.0. The molecule has 3 heterocycles. The van der Waals surface area contributed by atoms with Gasteiger partial charge in [-0.05, 0) is 34.8 Å². The van der Waals surface area contributed by atoms with Gasteiger partial charge in [0.15, 0.2) is 0 Å². The van der Waals surface area contributed by atoms with Crippen molar-refractivity contribution in [2.24, 2.45) is 0 Å². The second kappa shape index (κ2) is 9.34. The van der Waals surface area contributed by atoms with Crippen LogP contribution in [-0.2, 0) is 16.4 Å². The molecule has 3 rings (SSSR count). The van der Waals surface area contributed by atoms with Gasteiger partial charge in [-0.1, -0.05) is 6.08 Å². The zero-order chi connectivity index (χ0) is 19.1. The minimum Gasteiger partial charge on any atom is -0.338 e. The molecule has 10 heteroatoms. The van der Waals surface area contributed by atoms with Crippen LogP contribution < -0.4 is 4.90 Å². The van der Waals surface area contributed by atoms with Crippen molar-refractivity contribution < 1.29 is 8.42 Å². The smallest absolute Gasteiger partial charge is 0.236 e. The van der Waals surface area contributed by atoms with Crippen molar-refractivity contribution in [3.8, 4) is 0 Å². The van der Waals surface area contributed by atoms with Crippen LogP contribution in [0.25, 0.3) is 0 Å². The molecule has 2 aromatic heterocycles. The van der Waals surface area contributed by atoms with Crippen LogP contribution in [0.15, 0.2) is 46.8 Å². The number of allylic oxidation sites excluding steroid dienone is 1. The van der Waals surface area contributed by atoms with Crippen LogP contribution in [0.5, 0.6) is 0 Å². The number of rotatable bonds is 7. The van der Waals surface area contributed by atoms with Crippen molar-refractivity contribution >= 4 is 31.9 Å². The van der Waals surface area contributed by atoms with E-state index in [0.29, 0.717) is 38.5 Å². The molecule has 0 unspecified atom stereocenters. The lowest BCUT2D eigenvalue weighted by atomic mass is 10.2. The zero-order valence-electron chi connectivity index (χ0n) is 14.8. The van der Waals surface area contributed by atoms with Gasteiger partial charge in [-0.3, -0.25) is 0 Å². The van der Waals surface area contributed by atoms with E-state index in [1.165, 1.54) is 9.71 Å². The van der Waals surface area contributed by atoms with Gasteiger partial charge >= 0.3 is 0 Å². The number of hydrogen-bond donors (Lipinski definition) is 0. The largest absolute Gasteiger partial charge is 0.338 e. The maximum absolute atomic E-state index is 12.5. The summed E-state index contributed by atoms with van der Waals surface area (Å²) in [7, 11) is -3.39. The maximum atomic E-state index is 12.5. The number of anilines is 1. The van der Waals surface area contributed by atoms with E-state index in [9.17, 15) is 8.42 Å². The van der Waals surface area contributed by atoms with Crippen LogP contribution in [0.4, 0.5) is 5.95 Å². The molecule has 1 aliphatic heterocycles. The Morgan fingerprint density at radius 1 is 1.04 bits per heavy atom. The molecule has 1 saturated heterocycles. The second-order valence-electron chi connectivity index (χ2n) is 6.06. The number of aromatic nitrogens is 4. The van der Waals surface area contributed by atoms with Gasteiger partial charge in [0, 0.05) is 62.8 Å². The molecule has 0 aromatic carbocycles. The number of piperazine rings is 1. The predicted octanol–water partition coefficient (Wildman–Crippen LogP) is 2.02. The monoisotopic (exact) mass is 452 g/mol. The summed E-state index contributed by atoms with van der Waals surface area (Å²) >= 11 is 3.31. The van der Waals surface area contributed by atoms with E-state index in [0.717, 1.165) is 23.1 Å². The maximum Gasteiger partial charge on any atom is 0.236 e. The summed E-state index contributed by atoms with van der Waals surface area (Å²) in [4.78, 5) is 18.8. The van der Waals surface area contributed by atoms with Crippen molar-refractivity contribution in [3.63, 3.8) is 0 Å². The Morgan fingerprint density at radius 2 is 1.70 bits per heavy atom. The summed E-state index contributed by atoms with van der Waals surface area (Å²) in [6.07, 6.45) is 10.7. The standard InChI is InChI=1S/C17H21BrN6O2S/c18-15-13-21-17(22-14-15)23-8-10-24(11-9-23)27(25,26)12-3-1-2-5-16-19-6-4-7-20-16/h3-4,6-7,12-14H,1-2,5,8-11H2/b12-3+. The van der Waals surface area contributed by atoms with E-state index in [2.05, 4.69) is 35.9 Å². The van der Waals surface area contributed by atoms with E-state index in [1.807, 2.05) is 4.90 Å². The molecule has 0 bridgehead atoms. The molecule has 1 aliphatic rings. The van der Waals surface area contributed by atoms with Crippen molar-refractivity contribution in [1.82, 2.24) is 24.2 Å². The lowest BCUT2D eigenvalue weighted by Gasteiger charge is -2.33. The predicted molar refractivity (Wildman–Crippen MR) is 107 cm³/mol. The van der Waals surface area contributed by atoms with Gasteiger partial charge in [0.05, 0.1) is 4.47 Å². The van der Waals surface area contributed by atoms with Crippen molar-refractivity contribution in [1.29, 1.82) is 0 Å².